The van der Waals surface area contributed by atoms with Crippen LogP contribution in [0.1, 0.15) is 147 Å². The van der Waals surface area contributed by atoms with E-state index in [9.17, 15) is 22.8 Å². The van der Waals surface area contributed by atoms with E-state index in [1.165, 1.54) is 10.8 Å². The maximum atomic E-state index is 13.7. The number of carbonyl (C=O) groups excluding carboxylic acids is 3. The van der Waals surface area contributed by atoms with Crippen molar-refractivity contribution in [3.05, 3.63) is 144 Å². The molecule has 0 aromatic heterocycles. The van der Waals surface area contributed by atoms with Gasteiger partial charge in [0.1, 0.15) is 66.3 Å². The molecule has 4 unspecified atom stereocenters. The molecule has 3 heterocycles. The molecule has 0 aliphatic carbocycles. The van der Waals surface area contributed by atoms with Gasteiger partial charge in [0.2, 0.25) is 0 Å². The van der Waals surface area contributed by atoms with Gasteiger partial charge < -0.3 is 48.7 Å². The van der Waals surface area contributed by atoms with Crippen LogP contribution in [0.3, 0.4) is 0 Å². The highest BCUT2D eigenvalue weighted by atomic mass is 127. The first-order valence-electron chi connectivity index (χ1n) is 33.5. The molecule has 3 N–H and O–H groups in total. The molecule has 0 amide bonds. The van der Waals surface area contributed by atoms with Crippen LogP contribution >= 0.6 is 22.6 Å². The largest absolute Gasteiger partial charge is 0.461 e. The Morgan fingerprint density at radius 2 is 0.916 bits per heavy atom. The van der Waals surface area contributed by atoms with Crippen molar-refractivity contribution in [3.8, 4) is 0 Å². The number of nitrogens with zero attached hydrogens (tertiary/aromatic N) is 2. The van der Waals surface area contributed by atoms with Crippen LogP contribution in [0, 0.1) is 0 Å². The first-order valence-corrected chi connectivity index (χ1v) is 44.7. The van der Waals surface area contributed by atoms with Crippen LogP contribution in [0.15, 0.2) is 111 Å². The van der Waals surface area contributed by atoms with Gasteiger partial charge in [-0.2, -0.15) is 8.61 Å². The van der Waals surface area contributed by atoms with Crippen molar-refractivity contribution in [1.82, 2.24) is 8.61 Å². The second kappa shape index (κ2) is 43.1. The Morgan fingerprint density at radius 3 is 1.19 bits per heavy atom. The van der Waals surface area contributed by atoms with Crippen molar-refractivity contribution < 1.29 is 65.8 Å². The quantitative estimate of drug-likeness (QED) is 0.00832. The van der Waals surface area contributed by atoms with Gasteiger partial charge in [0.15, 0.2) is 0 Å². The van der Waals surface area contributed by atoms with Crippen LogP contribution in [0.5, 0.6) is 0 Å². The van der Waals surface area contributed by atoms with Crippen LogP contribution < -0.4 is 5.73 Å². The Balaban J connectivity index is 0.000000472. The number of hydrogen-bond donors (Lipinski definition) is 2. The van der Waals surface area contributed by atoms with Gasteiger partial charge in [-0.25, -0.2) is 8.42 Å². The second-order valence-corrected chi connectivity index (χ2v) is 45.1. The van der Waals surface area contributed by atoms with Gasteiger partial charge in [0.25, 0.3) is 0 Å². The van der Waals surface area contributed by atoms with E-state index in [1.807, 2.05) is 123 Å². The van der Waals surface area contributed by atoms with Gasteiger partial charge in [0, 0.05) is 36.0 Å². The Hall–Kier alpha value is -3.61. The van der Waals surface area contributed by atoms with Crippen molar-refractivity contribution >= 4 is 78.6 Å². The van der Waals surface area contributed by atoms with Crippen molar-refractivity contribution in [2.75, 3.05) is 97.2 Å². The topological polar surface area (TPSA) is 212 Å². The Kier molecular flexibility index (Phi) is 39.7. The number of nitrogens with two attached hydrogens (primary N) is 1. The van der Waals surface area contributed by atoms with E-state index < -0.39 is 58.7 Å². The number of esters is 3. The molecular weight excluding hydrogens is 1390 g/mol. The molecule has 3 aliphatic rings. The van der Waals surface area contributed by atoms with Gasteiger partial charge >= 0.3 is 17.9 Å². The first kappa shape index (κ1) is 87.5. The van der Waals surface area contributed by atoms with Crippen molar-refractivity contribution in [2.45, 2.75) is 197 Å². The average Bonchev–Trinajstić information content (AvgIpc) is 0.755. The molecule has 0 bridgehead atoms. The summed E-state index contributed by atoms with van der Waals surface area (Å²) in [5, 5.41) is 7.57. The Morgan fingerprint density at radius 1 is 0.589 bits per heavy atom. The third-order valence-corrected chi connectivity index (χ3v) is 23.7. The summed E-state index contributed by atoms with van der Waals surface area (Å²) in [6.07, 6.45) is 9.51. The zero-order valence-electron chi connectivity index (χ0n) is 60.6. The lowest BCUT2D eigenvalue weighted by Crippen LogP contribution is -2.62. The fourth-order valence-corrected chi connectivity index (χ4v) is 13.9. The van der Waals surface area contributed by atoms with Gasteiger partial charge in [-0.3, -0.25) is 14.4 Å². The highest BCUT2D eigenvalue weighted by molar-refractivity contribution is 14.1. The van der Waals surface area contributed by atoms with E-state index in [1.54, 1.807) is 25.2 Å². The third-order valence-electron chi connectivity index (χ3n) is 15.4. The fraction of sp³-hybridized carbons (Fsp3) is 0.630. The molecule has 3 aromatic carbocycles. The molecule has 0 spiro atoms. The number of hydrogen-bond acceptors (Lipinski definition) is 15. The molecular formula is C73H120IN3O14S2Si2. The standard InChI is InChI=1S/C27H45NO5SSi.C24H39NO5SSi.C17H23NO3.C3H7I.C2H6O/c1-9-11-24(25(29)33-16-10-2)22-12-14-23(15-13-22)27(19-32-20-27)28(34(30)26(3,4)5)21-31-17-18-35(6,7)8;1-8-13-30-22(26)16-20-9-11-21(12-10-20)24(17-29-18-24)25(31(27)23(2,3)4)19-28-14-15-32(5,6)7;1-3-5-15(16(19)21-10-4-2)13-6-8-14(9-7-13)17(18)11-20-12-17;1-2-3-4;1-2-3/h10,12-15,24H,2,9,11,16-21H2,1,3-8H3;8-12H,1,13-19H2,2-7H3;4,6-9,15H,2-3,5,10-12,18H2,1H3;2-3H2,1H3;3H,2H2,1H3. The second-order valence-electron chi connectivity index (χ2n) is 28.5. The average molecular weight is 1510 g/mol. The summed E-state index contributed by atoms with van der Waals surface area (Å²) in [6, 6.07) is 25.9. The summed E-state index contributed by atoms with van der Waals surface area (Å²) in [5.41, 5.74) is 10.6. The lowest BCUT2D eigenvalue weighted by molar-refractivity contribution is -0.145. The molecule has 3 aromatic rings. The van der Waals surface area contributed by atoms with Crippen LogP contribution in [0.2, 0.25) is 51.4 Å². The third kappa shape index (κ3) is 29.2. The predicted molar refractivity (Wildman–Crippen MR) is 403 cm³/mol. The summed E-state index contributed by atoms with van der Waals surface area (Å²) < 4.78 is 75.8. The molecule has 17 nitrogen and oxygen atoms in total. The Bertz CT molecular complexity index is 2790. The van der Waals surface area contributed by atoms with Crippen molar-refractivity contribution in [1.29, 1.82) is 0 Å². The minimum atomic E-state index is -1.29. The lowest BCUT2D eigenvalue weighted by Gasteiger charge is -2.50. The molecule has 3 fully saturated rings. The number of aliphatic hydroxyl groups is 1. The first-order chi connectivity index (χ1) is 44.7. The fourth-order valence-electron chi connectivity index (χ4n) is 9.64. The lowest BCUT2D eigenvalue weighted by atomic mass is 9.85. The van der Waals surface area contributed by atoms with Gasteiger partial charge in [-0.1, -0.05) is 206 Å². The van der Waals surface area contributed by atoms with E-state index in [0.29, 0.717) is 59.3 Å². The van der Waals surface area contributed by atoms with Crippen LogP contribution in [0.4, 0.5) is 0 Å². The number of carbonyl (C=O) groups is 3. The van der Waals surface area contributed by atoms with Gasteiger partial charge in [0.05, 0.1) is 72.9 Å². The van der Waals surface area contributed by atoms with E-state index in [4.69, 9.17) is 48.7 Å². The minimum Gasteiger partial charge on any atom is -0.461 e. The number of aliphatic hydroxyl groups excluding tert-OH is 1. The maximum absolute atomic E-state index is 13.7. The van der Waals surface area contributed by atoms with Crippen LogP contribution in [0.25, 0.3) is 0 Å². The molecule has 0 radical (unpaired) electrons. The van der Waals surface area contributed by atoms with E-state index in [0.717, 1.165) is 64.7 Å². The molecule has 538 valence electrons. The SMILES string of the molecule is C=CCOC(=O)C(CCC)c1ccc(C2(N(COCC[Si](C)(C)C)S(=O)C(C)(C)C)COC2)cc1.C=CCOC(=O)C(CCC)c1ccc(C2(N)COC2)cc1.C=CCOC(=O)Cc1ccc(C2(N(COCC[Si](C)(C)C)S(=O)C(C)(C)C)COC2)cc1.CCCI.CCO. The number of alkyl halides is 1. The molecule has 6 rings (SSSR count). The molecule has 3 saturated heterocycles. The Labute approximate surface area is 593 Å². The van der Waals surface area contributed by atoms with Crippen LogP contribution in [-0.4, -0.2) is 163 Å². The van der Waals surface area contributed by atoms with Crippen LogP contribution in [-0.2, 0) is 97.3 Å². The highest BCUT2D eigenvalue weighted by Crippen LogP contribution is 2.42. The molecule has 0 saturated carbocycles. The number of halogens is 1. The van der Waals surface area contributed by atoms with Gasteiger partial charge in [-0.15, -0.1) is 0 Å². The van der Waals surface area contributed by atoms with E-state index in [2.05, 4.69) is 102 Å². The number of benzene rings is 3. The number of ether oxygens (including phenoxy) is 8. The summed E-state index contributed by atoms with van der Waals surface area (Å²) in [5.74, 6) is -1.25. The highest BCUT2D eigenvalue weighted by Gasteiger charge is 2.52. The van der Waals surface area contributed by atoms with E-state index >= 15 is 0 Å². The molecule has 95 heavy (non-hydrogen) atoms. The number of rotatable bonds is 34. The normalized spacial score (nSPS) is 16.6. The molecule has 22 heteroatoms. The van der Waals surface area contributed by atoms with Gasteiger partial charge in [-0.05, 0) is 118 Å². The zero-order chi connectivity index (χ0) is 71.7. The zero-order valence-corrected chi connectivity index (χ0v) is 66.4. The summed E-state index contributed by atoms with van der Waals surface area (Å²) >= 11 is 2.35. The predicted octanol–water partition coefficient (Wildman–Crippen LogP) is 14.2. The maximum Gasteiger partial charge on any atom is 0.313 e. The summed E-state index contributed by atoms with van der Waals surface area (Å²) in [6.45, 7) is 50.2. The minimum absolute atomic E-state index is 0.195. The summed E-state index contributed by atoms with van der Waals surface area (Å²) in [7, 11) is -5.01. The van der Waals surface area contributed by atoms with E-state index in [-0.39, 0.29) is 81.6 Å². The van der Waals surface area contributed by atoms with Crippen molar-refractivity contribution in [3.63, 3.8) is 0 Å². The molecule has 3 aliphatic heterocycles. The monoisotopic (exact) mass is 1510 g/mol. The van der Waals surface area contributed by atoms with Crippen molar-refractivity contribution in [2.24, 2.45) is 5.73 Å². The molecule has 4 atom stereocenters. The smallest absolute Gasteiger partial charge is 0.313 e. The summed E-state index contributed by atoms with van der Waals surface area (Å²) in [4.78, 5) is 36.6.